The van der Waals surface area contributed by atoms with Crippen LogP contribution in [-0.2, 0) is 0 Å². The number of hydrogen-bond acceptors (Lipinski definition) is 4. The summed E-state index contributed by atoms with van der Waals surface area (Å²) >= 11 is 1.58. The van der Waals surface area contributed by atoms with Crippen LogP contribution in [0.4, 0.5) is 0 Å². The Labute approximate surface area is 106 Å². The maximum atomic E-state index is 11.3. The van der Waals surface area contributed by atoms with Crippen molar-refractivity contribution in [1.82, 2.24) is 5.48 Å². The summed E-state index contributed by atoms with van der Waals surface area (Å²) in [5, 5.41) is 9.67. The number of rotatable bonds is 2. The van der Waals surface area contributed by atoms with Crippen LogP contribution >= 0.6 is 11.3 Å². The molecule has 0 saturated heterocycles. The van der Waals surface area contributed by atoms with E-state index in [0.29, 0.717) is 5.56 Å². The second kappa shape index (κ2) is 4.29. The highest BCUT2D eigenvalue weighted by Crippen LogP contribution is 2.34. The summed E-state index contributed by atoms with van der Waals surface area (Å²) in [5.41, 5.74) is 3.08. The molecule has 0 aliphatic carbocycles. The van der Waals surface area contributed by atoms with Gasteiger partial charge in [-0.1, -0.05) is 6.07 Å². The van der Waals surface area contributed by atoms with Crippen LogP contribution < -0.4 is 5.48 Å². The summed E-state index contributed by atoms with van der Waals surface area (Å²) in [6.07, 6.45) is 3.32. The minimum absolute atomic E-state index is 0.436. The van der Waals surface area contributed by atoms with Gasteiger partial charge in [0.15, 0.2) is 0 Å². The van der Waals surface area contributed by atoms with Gasteiger partial charge in [0.1, 0.15) is 0 Å². The predicted octanol–water partition coefficient (Wildman–Crippen LogP) is 3.28. The number of hydroxylamine groups is 1. The molecule has 0 radical (unpaired) electrons. The first kappa shape index (κ1) is 11.0. The van der Waals surface area contributed by atoms with E-state index in [2.05, 4.69) is 0 Å². The number of carbonyl (C=O) groups excluding carboxylic acids is 1. The minimum Gasteiger partial charge on any atom is -0.472 e. The first-order valence-electron chi connectivity index (χ1n) is 5.28. The SMILES string of the molecule is O=C(NO)c1ccc2cc(-c3ccoc3)sc2c1. The van der Waals surface area contributed by atoms with E-state index >= 15 is 0 Å². The molecule has 2 heterocycles. The quantitative estimate of drug-likeness (QED) is 0.548. The van der Waals surface area contributed by atoms with Crippen LogP contribution in [0.3, 0.4) is 0 Å². The van der Waals surface area contributed by atoms with E-state index in [1.165, 1.54) is 0 Å². The molecule has 18 heavy (non-hydrogen) atoms. The summed E-state index contributed by atoms with van der Waals surface area (Å²) < 4.78 is 6.05. The fourth-order valence-corrected chi connectivity index (χ4v) is 2.87. The topological polar surface area (TPSA) is 62.5 Å². The molecular weight excluding hydrogens is 250 g/mol. The van der Waals surface area contributed by atoms with E-state index in [0.717, 1.165) is 20.5 Å². The van der Waals surface area contributed by atoms with E-state index in [1.807, 2.05) is 18.2 Å². The van der Waals surface area contributed by atoms with Crippen LogP contribution in [-0.4, -0.2) is 11.1 Å². The van der Waals surface area contributed by atoms with Gasteiger partial charge in [0.25, 0.3) is 5.91 Å². The Bertz CT molecular complexity index is 700. The average molecular weight is 259 g/mol. The number of amides is 1. The number of hydrogen-bond donors (Lipinski definition) is 2. The smallest absolute Gasteiger partial charge is 0.274 e. The van der Waals surface area contributed by atoms with Crippen molar-refractivity contribution in [2.45, 2.75) is 0 Å². The van der Waals surface area contributed by atoms with Gasteiger partial charge in [0, 0.05) is 20.7 Å². The molecule has 0 bridgehead atoms. The third kappa shape index (κ3) is 1.79. The summed E-state index contributed by atoms with van der Waals surface area (Å²) in [7, 11) is 0. The van der Waals surface area contributed by atoms with E-state index in [1.54, 1.807) is 41.5 Å². The molecule has 2 aromatic heterocycles. The maximum Gasteiger partial charge on any atom is 0.274 e. The Balaban J connectivity index is 2.10. The zero-order chi connectivity index (χ0) is 12.5. The molecule has 0 aliphatic heterocycles. The third-order valence-electron chi connectivity index (χ3n) is 2.69. The second-order valence-electron chi connectivity index (χ2n) is 3.82. The molecule has 5 heteroatoms. The highest BCUT2D eigenvalue weighted by Gasteiger charge is 2.09. The Morgan fingerprint density at radius 2 is 2.17 bits per heavy atom. The standard InChI is InChI=1S/C13H9NO3S/c15-13(14-16)9-2-1-8-5-12(18-11(8)6-9)10-3-4-17-7-10/h1-7,16H,(H,14,15). The molecule has 1 amide bonds. The summed E-state index contributed by atoms with van der Waals surface area (Å²) in [6.45, 7) is 0. The van der Waals surface area contributed by atoms with Crippen molar-refractivity contribution in [3.63, 3.8) is 0 Å². The lowest BCUT2D eigenvalue weighted by atomic mass is 10.1. The summed E-state index contributed by atoms with van der Waals surface area (Å²) in [5.74, 6) is -0.504. The molecule has 0 atom stereocenters. The van der Waals surface area contributed by atoms with Gasteiger partial charge < -0.3 is 4.42 Å². The van der Waals surface area contributed by atoms with Crippen LogP contribution in [0.15, 0.2) is 47.3 Å². The highest BCUT2D eigenvalue weighted by molar-refractivity contribution is 7.22. The van der Waals surface area contributed by atoms with Crippen LogP contribution in [0.25, 0.3) is 20.5 Å². The van der Waals surface area contributed by atoms with Gasteiger partial charge in [-0.15, -0.1) is 11.3 Å². The molecular formula is C13H9NO3S. The molecule has 4 nitrogen and oxygen atoms in total. The van der Waals surface area contributed by atoms with Gasteiger partial charge in [0.05, 0.1) is 12.5 Å². The van der Waals surface area contributed by atoms with Crippen molar-refractivity contribution in [2.24, 2.45) is 0 Å². The fourth-order valence-electron chi connectivity index (χ4n) is 1.78. The number of benzene rings is 1. The van der Waals surface area contributed by atoms with Crippen molar-refractivity contribution in [2.75, 3.05) is 0 Å². The van der Waals surface area contributed by atoms with Gasteiger partial charge in [0.2, 0.25) is 0 Å². The molecule has 0 saturated carbocycles. The minimum atomic E-state index is -0.504. The molecule has 0 fully saturated rings. The zero-order valence-electron chi connectivity index (χ0n) is 9.21. The molecule has 3 rings (SSSR count). The number of carbonyl (C=O) groups is 1. The van der Waals surface area contributed by atoms with Crippen molar-refractivity contribution in [3.8, 4) is 10.4 Å². The lowest BCUT2D eigenvalue weighted by molar-refractivity contribution is 0.0706. The summed E-state index contributed by atoms with van der Waals surface area (Å²) in [4.78, 5) is 12.4. The van der Waals surface area contributed by atoms with E-state index < -0.39 is 5.91 Å². The monoisotopic (exact) mass is 259 g/mol. The first-order valence-corrected chi connectivity index (χ1v) is 6.10. The number of thiophene rings is 1. The Hall–Kier alpha value is -2.11. The molecule has 90 valence electrons. The van der Waals surface area contributed by atoms with E-state index in [-0.39, 0.29) is 0 Å². The number of furan rings is 1. The molecule has 1 aromatic carbocycles. The predicted molar refractivity (Wildman–Crippen MR) is 68.8 cm³/mol. The molecule has 0 aliphatic rings. The third-order valence-corrected chi connectivity index (χ3v) is 3.84. The van der Waals surface area contributed by atoms with Crippen molar-refractivity contribution >= 4 is 27.3 Å². The Kier molecular flexibility index (Phi) is 2.62. The van der Waals surface area contributed by atoms with Crippen molar-refractivity contribution in [3.05, 3.63) is 48.4 Å². The number of fused-ring (bicyclic) bond motifs is 1. The van der Waals surface area contributed by atoms with Crippen molar-refractivity contribution in [1.29, 1.82) is 0 Å². The number of nitrogens with one attached hydrogen (secondary N) is 1. The van der Waals surface area contributed by atoms with Crippen LogP contribution in [0, 0.1) is 0 Å². The van der Waals surface area contributed by atoms with Gasteiger partial charge in [-0.25, -0.2) is 5.48 Å². The molecule has 2 N–H and O–H groups in total. The van der Waals surface area contributed by atoms with Crippen molar-refractivity contribution < 1.29 is 14.4 Å². The zero-order valence-corrected chi connectivity index (χ0v) is 10.0. The van der Waals surface area contributed by atoms with Crippen LogP contribution in [0.1, 0.15) is 10.4 Å². The van der Waals surface area contributed by atoms with Crippen LogP contribution in [0.5, 0.6) is 0 Å². The lowest BCUT2D eigenvalue weighted by Crippen LogP contribution is -2.18. The normalized spacial score (nSPS) is 10.7. The molecule has 0 spiro atoms. The van der Waals surface area contributed by atoms with Gasteiger partial charge in [-0.3, -0.25) is 10.0 Å². The maximum absolute atomic E-state index is 11.3. The average Bonchev–Trinajstić information content (AvgIpc) is 3.04. The Morgan fingerprint density at radius 3 is 2.89 bits per heavy atom. The molecule has 0 unspecified atom stereocenters. The fraction of sp³-hybridized carbons (Fsp3) is 0. The van der Waals surface area contributed by atoms with Gasteiger partial charge >= 0.3 is 0 Å². The molecule has 3 aromatic rings. The largest absolute Gasteiger partial charge is 0.472 e. The van der Waals surface area contributed by atoms with E-state index in [9.17, 15) is 4.79 Å². The first-order chi connectivity index (χ1) is 8.78. The second-order valence-corrected chi connectivity index (χ2v) is 4.90. The van der Waals surface area contributed by atoms with E-state index in [4.69, 9.17) is 9.62 Å². The Morgan fingerprint density at radius 1 is 1.28 bits per heavy atom. The summed E-state index contributed by atoms with van der Waals surface area (Å²) in [6, 6.07) is 9.24. The van der Waals surface area contributed by atoms with Crippen LogP contribution in [0.2, 0.25) is 0 Å². The highest BCUT2D eigenvalue weighted by atomic mass is 32.1. The lowest BCUT2D eigenvalue weighted by Gasteiger charge is -1.97. The van der Waals surface area contributed by atoms with Gasteiger partial charge in [-0.2, -0.15) is 0 Å². The van der Waals surface area contributed by atoms with Gasteiger partial charge in [-0.05, 0) is 29.7 Å².